The van der Waals surface area contributed by atoms with Gasteiger partial charge in [0.2, 0.25) is 0 Å². The van der Waals surface area contributed by atoms with Crippen LogP contribution < -0.4 is 5.32 Å². The highest BCUT2D eigenvalue weighted by Gasteiger charge is 2.20. The van der Waals surface area contributed by atoms with Crippen LogP contribution in [0.4, 0.5) is 4.39 Å². The zero-order chi connectivity index (χ0) is 12.1. The van der Waals surface area contributed by atoms with Crippen LogP contribution in [0, 0.1) is 5.82 Å². The van der Waals surface area contributed by atoms with Gasteiger partial charge in [-0.1, -0.05) is 12.1 Å². The van der Waals surface area contributed by atoms with Gasteiger partial charge in [-0.2, -0.15) is 0 Å². The first-order valence-electron chi connectivity index (χ1n) is 6.06. The number of thioether (sulfide) groups is 1. The molecule has 1 aliphatic heterocycles. The quantitative estimate of drug-likeness (QED) is 0.811. The smallest absolute Gasteiger partial charge is 0.136 e. The second-order valence-corrected chi connectivity index (χ2v) is 5.49. The number of likely N-dealkylation sites (N-methyl/N-ethyl adjacent to an activating group) is 1. The molecule has 1 atom stereocenters. The molecule has 17 heavy (non-hydrogen) atoms. The molecular weight excluding hydrogens is 235 g/mol. The number of hydrogen-bond donors (Lipinski definition) is 1. The van der Waals surface area contributed by atoms with Gasteiger partial charge >= 0.3 is 0 Å². The molecule has 2 nitrogen and oxygen atoms in total. The highest BCUT2D eigenvalue weighted by Crippen LogP contribution is 2.21. The average Bonchev–Trinajstić information content (AvgIpc) is 2.80. The van der Waals surface area contributed by atoms with Crippen LogP contribution in [0.2, 0.25) is 0 Å². The van der Waals surface area contributed by atoms with E-state index in [9.17, 15) is 4.39 Å². The van der Waals surface area contributed by atoms with Gasteiger partial charge in [-0.25, -0.2) is 4.39 Å². The van der Waals surface area contributed by atoms with Crippen LogP contribution in [0.5, 0.6) is 0 Å². The zero-order valence-electron chi connectivity index (χ0n) is 10.2. The maximum absolute atomic E-state index is 13.4. The predicted molar refractivity (Wildman–Crippen MR) is 71.0 cm³/mol. The summed E-state index contributed by atoms with van der Waals surface area (Å²) in [6.45, 7) is 3.31. The highest BCUT2D eigenvalue weighted by molar-refractivity contribution is 7.99. The van der Waals surface area contributed by atoms with Crippen molar-refractivity contribution in [2.75, 3.05) is 32.4 Å². The molecule has 2 rings (SSSR count). The Labute approximate surface area is 107 Å². The molecule has 1 aromatic carbocycles. The molecule has 1 aliphatic rings. The Bertz CT molecular complexity index is 359. The molecule has 94 valence electrons. The molecule has 1 aromatic rings. The van der Waals surface area contributed by atoms with Crippen molar-refractivity contribution in [1.29, 1.82) is 0 Å². The average molecular weight is 254 g/mol. The third kappa shape index (κ3) is 3.69. The summed E-state index contributed by atoms with van der Waals surface area (Å²) in [5.41, 5.74) is 0. The maximum Gasteiger partial charge on any atom is 0.136 e. The summed E-state index contributed by atoms with van der Waals surface area (Å²) in [7, 11) is 2.02. The van der Waals surface area contributed by atoms with Crippen LogP contribution in [0.25, 0.3) is 0 Å². The van der Waals surface area contributed by atoms with E-state index in [1.54, 1.807) is 17.8 Å². The second-order valence-electron chi connectivity index (χ2n) is 4.35. The number of nitrogens with zero attached hydrogens (tertiary/aromatic N) is 1. The summed E-state index contributed by atoms with van der Waals surface area (Å²) in [6.07, 6.45) is 1.22. The van der Waals surface area contributed by atoms with Crippen LogP contribution in [-0.4, -0.2) is 43.4 Å². The molecule has 0 aliphatic carbocycles. The van der Waals surface area contributed by atoms with Gasteiger partial charge < -0.3 is 10.2 Å². The molecule has 0 bridgehead atoms. The number of hydrogen-bond acceptors (Lipinski definition) is 3. The van der Waals surface area contributed by atoms with E-state index in [-0.39, 0.29) is 5.82 Å². The fraction of sp³-hybridized carbons (Fsp3) is 0.538. The minimum absolute atomic E-state index is 0.105. The maximum atomic E-state index is 13.4. The monoisotopic (exact) mass is 254 g/mol. The Kier molecular flexibility index (Phi) is 4.83. The number of nitrogens with one attached hydrogen (secondary N) is 1. The van der Waals surface area contributed by atoms with Gasteiger partial charge in [0.05, 0.1) is 0 Å². The lowest BCUT2D eigenvalue weighted by Gasteiger charge is -2.15. The van der Waals surface area contributed by atoms with Crippen molar-refractivity contribution in [2.45, 2.75) is 17.4 Å². The molecule has 0 amide bonds. The lowest BCUT2D eigenvalue weighted by atomic mass is 10.3. The summed E-state index contributed by atoms with van der Waals surface area (Å²) in [6, 6.07) is 7.62. The van der Waals surface area contributed by atoms with Gasteiger partial charge in [0.15, 0.2) is 0 Å². The SMILES string of the molecule is CNC1CCN(CCSc2ccccc2F)C1. The molecule has 1 N–H and O–H groups in total. The molecule has 0 radical (unpaired) electrons. The molecule has 0 saturated carbocycles. The fourth-order valence-electron chi connectivity index (χ4n) is 2.12. The molecule has 0 spiro atoms. The molecule has 1 fully saturated rings. The third-order valence-corrected chi connectivity index (χ3v) is 4.21. The first-order chi connectivity index (χ1) is 8.29. The van der Waals surface area contributed by atoms with E-state index in [0.29, 0.717) is 6.04 Å². The Balaban J connectivity index is 1.72. The Morgan fingerprint density at radius 1 is 1.47 bits per heavy atom. The van der Waals surface area contributed by atoms with E-state index < -0.39 is 0 Å². The molecule has 1 unspecified atom stereocenters. The first-order valence-corrected chi connectivity index (χ1v) is 7.05. The van der Waals surface area contributed by atoms with Crippen LogP contribution in [0.3, 0.4) is 0 Å². The largest absolute Gasteiger partial charge is 0.316 e. The molecular formula is C13H19FN2S. The number of halogens is 1. The zero-order valence-corrected chi connectivity index (χ0v) is 11.0. The van der Waals surface area contributed by atoms with E-state index in [2.05, 4.69) is 10.2 Å². The van der Waals surface area contributed by atoms with Crippen molar-refractivity contribution in [3.8, 4) is 0 Å². The topological polar surface area (TPSA) is 15.3 Å². The first kappa shape index (κ1) is 12.9. The van der Waals surface area contributed by atoms with E-state index in [0.717, 1.165) is 30.3 Å². The van der Waals surface area contributed by atoms with E-state index in [4.69, 9.17) is 0 Å². The van der Waals surface area contributed by atoms with Crippen molar-refractivity contribution in [3.05, 3.63) is 30.1 Å². The van der Waals surface area contributed by atoms with Crippen molar-refractivity contribution in [2.24, 2.45) is 0 Å². The van der Waals surface area contributed by atoms with Crippen LogP contribution in [-0.2, 0) is 0 Å². The van der Waals surface area contributed by atoms with Gasteiger partial charge in [-0.15, -0.1) is 11.8 Å². The highest BCUT2D eigenvalue weighted by atomic mass is 32.2. The number of benzene rings is 1. The van der Waals surface area contributed by atoms with Crippen LogP contribution >= 0.6 is 11.8 Å². The Morgan fingerprint density at radius 3 is 3.00 bits per heavy atom. The van der Waals surface area contributed by atoms with Crippen molar-refractivity contribution >= 4 is 11.8 Å². The summed E-state index contributed by atoms with van der Waals surface area (Å²) in [5.74, 6) is 0.851. The molecule has 4 heteroatoms. The van der Waals surface area contributed by atoms with Crippen molar-refractivity contribution < 1.29 is 4.39 Å². The lowest BCUT2D eigenvalue weighted by molar-refractivity contribution is 0.351. The fourth-order valence-corrected chi connectivity index (χ4v) is 3.07. The van der Waals surface area contributed by atoms with Gasteiger partial charge in [-0.3, -0.25) is 0 Å². The van der Waals surface area contributed by atoms with E-state index in [1.807, 2.05) is 19.2 Å². The molecule has 0 aromatic heterocycles. The molecule has 1 saturated heterocycles. The Hall–Kier alpha value is -0.580. The minimum Gasteiger partial charge on any atom is -0.316 e. The van der Waals surface area contributed by atoms with Gasteiger partial charge in [-0.05, 0) is 32.1 Å². The van der Waals surface area contributed by atoms with Crippen molar-refractivity contribution in [3.63, 3.8) is 0 Å². The number of likely N-dealkylation sites (tertiary alicyclic amines) is 1. The van der Waals surface area contributed by atoms with Gasteiger partial charge in [0.1, 0.15) is 5.82 Å². The second kappa shape index (κ2) is 6.38. The van der Waals surface area contributed by atoms with Crippen LogP contribution in [0.15, 0.2) is 29.2 Å². The van der Waals surface area contributed by atoms with Crippen LogP contribution in [0.1, 0.15) is 6.42 Å². The summed E-state index contributed by atoms with van der Waals surface area (Å²) >= 11 is 1.61. The van der Waals surface area contributed by atoms with Gasteiger partial charge in [0, 0.05) is 29.8 Å². The van der Waals surface area contributed by atoms with E-state index >= 15 is 0 Å². The minimum atomic E-state index is -0.105. The predicted octanol–water partition coefficient (Wildman–Crippen LogP) is 2.21. The summed E-state index contributed by atoms with van der Waals surface area (Å²) in [4.78, 5) is 3.20. The normalized spacial score (nSPS) is 20.9. The van der Waals surface area contributed by atoms with Crippen molar-refractivity contribution in [1.82, 2.24) is 10.2 Å². The standard InChI is InChI=1S/C13H19FN2S/c1-15-11-6-7-16(10-11)8-9-17-13-5-3-2-4-12(13)14/h2-5,11,15H,6-10H2,1H3. The number of rotatable bonds is 5. The van der Waals surface area contributed by atoms with Gasteiger partial charge in [0.25, 0.3) is 0 Å². The van der Waals surface area contributed by atoms with E-state index in [1.165, 1.54) is 12.5 Å². The third-order valence-electron chi connectivity index (χ3n) is 3.18. The summed E-state index contributed by atoms with van der Waals surface area (Å²) < 4.78 is 13.4. The Morgan fingerprint density at radius 2 is 2.29 bits per heavy atom. The summed E-state index contributed by atoms with van der Waals surface area (Å²) in [5, 5.41) is 3.30. The lowest BCUT2D eigenvalue weighted by Crippen LogP contribution is -2.30. The molecule has 1 heterocycles.